The molecule has 0 saturated heterocycles. The first kappa shape index (κ1) is 33.1. The van der Waals surface area contributed by atoms with Crippen LogP contribution in [0.2, 0.25) is 0 Å². The molecule has 3 N–H and O–H groups in total. The van der Waals surface area contributed by atoms with Crippen molar-refractivity contribution in [1.82, 2.24) is 9.97 Å². The number of benzene rings is 3. The average Bonchev–Trinajstić information content (AvgIpc) is 2.96. The van der Waals surface area contributed by atoms with E-state index in [4.69, 9.17) is 9.97 Å². The van der Waals surface area contributed by atoms with Crippen molar-refractivity contribution in [3.63, 3.8) is 0 Å². The standard InChI is InChI=1S/C37H43N5O3/c1-35(2,3)32(43)38-26-16-10-23(11-17-26)29-22-30(24-12-18-27(19-13-24)39-33(44)36(4,5)6)42-31(41-29)25-14-20-28(21-15-25)40-34(45)37(7,8)9/h10-22H,1-9H3,(H,38,43)(H,39,44)(H,40,45). The van der Waals surface area contributed by atoms with Crippen LogP contribution in [-0.2, 0) is 14.4 Å². The third-order valence-electron chi connectivity index (χ3n) is 7.05. The van der Waals surface area contributed by atoms with Crippen molar-refractivity contribution in [2.45, 2.75) is 62.3 Å². The highest BCUT2D eigenvalue weighted by Crippen LogP contribution is 2.30. The van der Waals surface area contributed by atoms with Crippen molar-refractivity contribution in [3.8, 4) is 33.9 Å². The van der Waals surface area contributed by atoms with Crippen molar-refractivity contribution < 1.29 is 14.4 Å². The molecule has 1 aromatic heterocycles. The maximum Gasteiger partial charge on any atom is 0.229 e. The zero-order valence-corrected chi connectivity index (χ0v) is 27.6. The predicted octanol–water partition coefficient (Wildman–Crippen LogP) is 8.43. The summed E-state index contributed by atoms with van der Waals surface area (Å²) < 4.78 is 0. The predicted molar refractivity (Wildman–Crippen MR) is 183 cm³/mol. The number of carbonyl (C=O) groups excluding carboxylic acids is 3. The third kappa shape index (κ3) is 8.62. The van der Waals surface area contributed by atoms with Crippen molar-refractivity contribution in [1.29, 1.82) is 0 Å². The summed E-state index contributed by atoms with van der Waals surface area (Å²) in [7, 11) is 0. The third-order valence-corrected chi connectivity index (χ3v) is 7.05. The Kier molecular flexibility index (Phi) is 9.28. The van der Waals surface area contributed by atoms with Gasteiger partial charge in [-0.3, -0.25) is 14.4 Å². The molecule has 4 rings (SSSR count). The summed E-state index contributed by atoms with van der Waals surface area (Å²) in [5.41, 5.74) is 4.48. The number of aromatic nitrogens is 2. The van der Waals surface area contributed by atoms with E-state index in [1.165, 1.54) is 0 Å². The molecular weight excluding hydrogens is 562 g/mol. The molecular formula is C37H43N5O3. The van der Waals surface area contributed by atoms with Crippen LogP contribution >= 0.6 is 0 Å². The Labute approximate surface area is 266 Å². The molecule has 1 heterocycles. The maximum absolute atomic E-state index is 12.5. The summed E-state index contributed by atoms with van der Waals surface area (Å²) in [4.78, 5) is 47.2. The molecule has 0 aliphatic carbocycles. The second-order valence-corrected chi connectivity index (χ2v) is 14.3. The van der Waals surface area contributed by atoms with Crippen LogP contribution in [0.5, 0.6) is 0 Å². The second-order valence-electron chi connectivity index (χ2n) is 14.3. The Balaban J connectivity index is 1.70. The Bertz CT molecular complexity index is 1470. The number of carbonyl (C=O) groups is 3. The van der Waals surface area contributed by atoms with E-state index in [-0.39, 0.29) is 17.7 Å². The number of anilines is 3. The van der Waals surface area contributed by atoms with Crippen molar-refractivity contribution in [3.05, 3.63) is 78.9 Å². The van der Waals surface area contributed by atoms with Crippen LogP contribution < -0.4 is 16.0 Å². The fourth-order valence-electron chi connectivity index (χ4n) is 3.98. The average molecular weight is 606 g/mol. The molecule has 8 heteroatoms. The van der Waals surface area contributed by atoms with Gasteiger partial charge >= 0.3 is 0 Å². The molecule has 45 heavy (non-hydrogen) atoms. The SMILES string of the molecule is CC(C)(C)C(=O)Nc1ccc(-c2cc(-c3ccc(NC(=O)C(C)(C)C)cc3)nc(-c3ccc(NC(=O)C(C)(C)C)cc3)n2)cc1. The minimum atomic E-state index is -0.513. The number of rotatable bonds is 6. The second kappa shape index (κ2) is 12.6. The number of hydrogen-bond acceptors (Lipinski definition) is 5. The first-order valence-corrected chi connectivity index (χ1v) is 15.0. The lowest BCUT2D eigenvalue weighted by Gasteiger charge is -2.18. The molecule has 0 aliphatic rings. The highest BCUT2D eigenvalue weighted by molar-refractivity contribution is 5.96. The van der Waals surface area contributed by atoms with E-state index in [2.05, 4.69) is 16.0 Å². The normalized spacial score (nSPS) is 11.9. The summed E-state index contributed by atoms with van der Waals surface area (Å²) in [6.45, 7) is 16.8. The minimum absolute atomic E-state index is 0.0638. The molecule has 0 atom stereocenters. The maximum atomic E-state index is 12.5. The van der Waals surface area contributed by atoms with E-state index in [9.17, 15) is 14.4 Å². The van der Waals surface area contributed by atoms with E-state index in [1.54, 1.807) is 0 Å². The van der Waals surface area contributed by atoms with E-state index >= 15 is 0 Å². The lowest BCUT2D eigenvalue weighted by atomic mass is 9.95. The molecule has 4 aromatic rings. The molecule has 3 aromatic carbocycles. The van der Waals surface area contributed by atoms with Crippen LogP contribution in [0.1, 0.15) is 62.3 Å². The molecule has 8 nitrogen and oxygen atoms in total. The van der Waals surface area contributed by atoms with Crippen molar-refractivity contribution in [2.24, 2.45) is 16.2 Å². The Morgan fingerprint density at radius 2 is 0.711 bits per heavy atom. The van der Waals surface area contributed by atoms with Crippen LogP contribution in [0.15, 0.2) is 78.9 Å². The molecule has 0 radical (unpaired) electrons. The highest BCUT2D eigenvalue weighted by Gasteiger charge is 2.23. The number of hydrogen-bond donors (Lipinski definition) is 3. The topological polar surface area (TPSA) is 113 Å². The van der Waals surface area contributed by atoms with Gasteiger partial charge in [-0.1, -0.05) is 86.6 Å². The number of nitrogens with one attached hydrogen (secondary N) is 3. The van der Waals surface area contributed by atoms with Gasteiger partial charge in [-0.2, -0.15) is 0 Å². The summed E-state index contributed by atoms with van der Waals surface area (Å²) in [6, 6.07) is 24.5. The molecule has 234 valence electrons. The number of amides is 3. The van der Waals surface area contributed by atoms with Gasteiger partial charge in [-0.25, -0.2) is 9.97 Å². The number of nitrogens with zero attached hydrogens (tertiary/aromatic N) is 2. The van der Waals surface area contributed by atoms with Gasteiger partial charge in [0.15, 0.2) is 5.82 Å². The lowest BCUT2D eigenvalue weighted by molar-refractivity contribution is -0.123. The van der Waals surface area contributed by atoms with Gasteiger partial charge in [0, 0.05) is 50.0 Å². The Hall–Kier alpha value is -4.85. The van der Waals surface area contributed by atoms with Crippen molar-refractivity contribution >= 4 is 34.8 Å². The zero-order valence-electron chi connectivity index (χ0n) is 27.6. The first-order chi connectivity index (χ1) is 20.9. The van der Waals surface area contributed by atoms with E-state index < -0.39 is 16.2 Å². The summed E-state index contributed by atoms with van der Waals surface area (Å²) >= 11 is 0. The summed E-state index contributed by atoms with van der Waals surface area (Å²) in [6.07, 6.45) is 0. The quantitative estimate of drug-likeness (QED) is 0.204. The van der Waals surface area contributed by atoms with Gasteiger partial charge in [0.05, 0.1) is 11.4 Å². The van der Waals surface area contributed by atoms with Crippen LogP contribution in [-0.4, -0.2) is 27.7 Å². The van der Waals surface area contributed by atoms with Gasteiger partial charge in [-0.15, -0.1) is 0 Å². The van der Waals surface area contributed by atoms with Crippen LogP contribution in [0.4, 0.5) is 17.1 Å². The largest absolute Gasteiger partial charge is 0.326 e. The van der Waals surface area contributed by atoms with Gasteiger partial charge in [0.2, 0.25) is 17.7 Å². The molecule has 0 bridgehead atoms. The molecule has 0 fully saturated rings. The molecule has 0 saturated carbocycles. The molecule has 3 amide bonds. The van der Waals surface area contributed by atoms with Crippen molar-refractivity contribution in [2.75, 3.05) is 16.0 Å². The Morgan fingerprint density at radius 1 is 0.444 bits per heavy atom. The van der Waals surface area contributed by atoms with Gasteiger partial charge in [0.25, 0.3) is 0 Å². The minimum Gasteiger partial charge on any atom is -0.326 e. The summed E-state index contributed by atoms with van der Waals surface area (Å²) in [5, 5.41) is 8.87. The summed E-state index contributed by atoms with van der Waals surface area (Å²) in [5.74, 6) is 0.323. The molecule has 0 spiro atoms. The lowest BCUT2D eigenvalue weighted by Crippen LogP contribution is -2.27. The van der Waals surface area contributed by atoms with E-state index in [0.717, 1.165) is 16.7 Å². The Morgan fingerprint density at radius 3 is 0.978 bits per heavy atom. The van der Waals surface area contributed by atoms with Crippen LogP contribution in [0.3, 0.4) is 0 Å². The van der Waals surface area contributed by atoms with E-state index in [1.807, 2.05) is 141 Å². The van der Waals surface area contributed by atoms with Gasteiger partial charge in [-0.05, 0) is 54.6 Å². The highest BCUT2D eigenvalue weighted by atomic mass is 16.2. The fourth-order valence-corrected chi connectivity index (χ4v) is 3.98. The van der Waals surface area contributed by atoms with Gasteiger partial charge in [0.1, 0.15) is 0 Å². The first-order valence-electron chi connectivity index (χ1n) is 15.0. The monoisotopic (exact) mass is 605 g/mol. The van der Waals surface area contributed by atoms with E-state index in [0.29, 0.717) is 34.3 Å². The fraction of sp³-hybridized carbons (Fsp3) is 0.324. The molecule has 0 aliphatic heterocycles. The molecule has 0 unspecified atom stereocenters. The van der Waals surface area contributed by atoms with Crippen LogP contribution in [0, 0.1) is 16.2 Å². The zero-order chi connectivity index (χ0) is 33.2. The van der Waals surface area contributed by atoms with Gasteiger partial charge < -0.3 is 16.0 Å². The van der Waals surface area contributed by atoms with Crippen LogP contribution in [0.25, 0.3) is 33.9 Å². The smallest absolute Gasteiger partial charge is 0.229 e.